The minimum Gasteiger partial charge on any atom is -0.484 e. The number of amides is 1. The summed E-state index contributed by atoms with van der Waals surface area (Å²) in [7, 11) is 0. The van der Waals surface area contributed by atoms with E-state index in [1.54, 1.807) is 24.3 Å². The lowest BCUT2D eigenvalue weighted by atomic mass is 10.3. The molecule has 0 saturated heterocycles. The van der Waals surface area contributed by atoms with Crippen molar-refractivity contribution in [2.24, 2.45) is 0 Å². The SMILES string of the molecule is CCN(CC#N)C(=O)COc1ccc(Cl)cc1. The average Bonchev–Trinajstić information content (AvgIpc) is 2.35. The molecule has 0 aliphatic heterocycles. The lowest BCUT2D eigenvalue weighted by molar-refractivity contribution is -0.132. The molecule has 0 N–H and O–H groups in total. The van der Waals surface area contributed by atoms with Gasteiger partial charge in [-0.05, 0) is 31.2 Å². The van der Waals surface area contributed by atoms with Crippen LogP contribution in [-0.2, 0) is 4.79 Å². The first kappa shape index (κ1) is 13.3. The molecule has 1 aromatic carbocycles. The fourth-order valence-corrected chi connectivity index (χ4v) is 1.35. The number of benzene rings is 1. The summed E-state index contributed by atoms with van der Waals surface area (Å²) in [6.45, 7) is 2.32. The van der Waals surface area contributed by atoms with Crippen LogP contribution in [0.4, 0.5) is 0 Å². The average molecular weight is 253 g/mol. The maximum absolute atomic E-state index is 11.6. The lowest BCUT2D eigenvalue weighted by Gasteiger charge is -2.17. The first-order valence-electron chi connectivity index (χ1n) is 5.20. The van der Waals surface area contributed by atoms with Gasteiger partial charge in [0.15, 0.2) is 6.61 Å². The second kappa shape index (κ2) is 6.77. The number of ether oxygens (including phenoxy) is 1. The molecule has 0 atom stereocenters. The maximum Gasteiger partial charge on any atom is 0.261 e. The summed E-state index contributed by atoms with van der Waals surface area (Å²) >= 11 is 5.72. The van der Waals surface area contributed by atoms with Crippen LogP contribution in [0.3, 0.4) is 0 Å². The van der Waals surface area contributed by atoms with Gasteiger partial charge < -0.3 is 9.64 Å². The first-order valence-corrected chi connectivity index (χ1v) is 5.58. The molecule has 0 heterocycles. The molecule has 1 rings (SSSR count). The number of hydrogen-bond donors (Lipinski definition) is 0. The van der Waals surface area contributed by atoms with E-state index in [0.717, 1.165) is 0 Å². The quantitative estimate of drug-likeness (QED) is 0.754. The van der Waals surface area contributed by atoms with Gasteiger partial charge in [-0.2, -0.15) is 5.26 Å². The molecule has 5 heteroatoms. The van der Waals surface area contributed by atoms with Crippen molar-refractivity contribution >= 4 is 17.5 Å². The number of carbonyl (C=O) groups excluding carboxylic acids is 1. The second-order valence-corrected chi connectivity index (χ2v) is 3.75. The van der Waals surface area contributed by atoms with Crippen molar-refractivity contribution in [3.63, 3.8) is 0 Å². The molecule has 0 unspecified atom stereocenters. The normalized spacial score (nSPS) is 9.47. The van der Waals surface area contributed by atoms with Crippen molar-refractivity contribution in [1.29, 1.82) is 5.26 Å². The van der Waals surface area contributed by atoms with Crippen LogP contribution in [0.5, 0.6) is 5.75 Å². The number of hydrogen-bond acceptors (Lipinski definition) is 3. The van der Waals surface area contributed by atoms with Crippen LogP contribution in [-0.4, -0.2) is 30.5 Å². The number of nitriles is 1. The van der Waals surface area contributed by atoms with Gasteiger partial charge in [0.2, 0.25) is 0 Å². The number of nitrogens with zero attached hydrogens (tertiary/aromatic N) is 2. The fourth-order valence-electron chi connectivity index (χ4n) is 1.23. The molecule has 0 spiro atoms. The zero-order valence-electron chi connectivity index (χ0n) is 9.52. The molecule has 0 aromatic heterocycles. The molecule has 90 valence electrons. The molecule has 0 aliphatic rings. The van der Waals surface area contributed by atoms with E-state index in [4.69, 9.17) is 21.6 Å². The molecule has 0 radical (unpaired) electrons. The maximum atomic E-state index is 11.6. The second-order valence-electron chi connectivity index (χ2n) is 3.31. The Labute approximate surface area is 105 Å². The van der Waals surface area contributed by atoms with Gasteiger partial charge in [-0.25, -0.2) is 0 Å². The van der Waals surface area contributed by atoms with Gasteiger partial charge in [0.05, 0.1) is 6.07 Å². The monoisotopic (exact) mass is 252 g/mol. The van der Waals surface area contributed by atoms with Gasteiger partial charge in [-0.15, -0.1) is 0 Å². The Kier molecular flexibility index (Phi) is 5.31. The zero-order chi connectivity index (χ0) is 12.7. The van der Waals surface area contributed by atoms with E-state index in [1.807, 2.05) is 13.0 Å². The number of carbonyl (C=O) groups is 1. The fraction of sp³-hybridized carbons (Fsp3) is 0.333. The van der Waals surface area contributed by atoms with E-state index in [2.05, 4.69) is 0 Å². The summed E-state index contributed by atoms with van der Waals surface area (Å²) in [6.07, 6.45) is 0. The van der Waals surface area contributed by atoms with Crippen LogP contribution >= 0.6 is 11.6 Å². The van der Waals surface area contributed by atoms with Gasteiger partial charge in [0.1, 0.15) is 12.3 Å². The molecule has 1 aromatic rings. The molecule has 17 heavy (non-hydrogen) atoms. The third-order valence-corrected chi connectivity index (χ3v) is 2.42. The third kappa shape index (κ3) is 4.33. The summed E-state index contributed by atoms with van der Waals surface area (Å²) in [5.41, 5.74) is 0. The Hall–Kier alpha value is -1.73. The Bertz CT molecular complexity index is 412. The largest absolute Gasteiger partial charge is 0.484 e. The molecule has 4 nitrogen and oxygen atoms in total. The predicted molar refractivity (Wildman–Crippen MR) is 64.8 cm³/mol. The van der Waals surface area contributed by atoms with Crippen LogP contribution in [0.25, 0.3) is 0 Å². The van der Waals surface area contributed by atoms with E-state index in [-0.39, 0.29) is 19.1 Å². The highest BCUT2D eigenvalue weighted by molar-refractivity contribution is 6.30. The van der Waals surface area contributed by atoms with Crippen molar-refractivity contribution in [1.82, 2.24) is 4.90 Å². The minimum atomic E-state index is -0.205. The van der Waals surface area contributed by atoms with E-state index < -0.39 is 0 Å². The number of likely N-dealkylation sites (N-methyl/N-ethyl adjacent to an activating group) is 1. The Morgan fingerprint density at radius 1 is 1.47 bits per heavy atom. The summed E-state index contributed by atoms with van der Waals surface area (Å²) in [5, 5.41) is 9.15. The van der Waals surface area contributed by atoms with Crippen LogP contribution in [0, 0.1) is 11.3 Å². The predicted octanol–water partition coefficient (Wildman–Crippen LogP) is 2.09. The Balaban J connectivity index is 2.47. The first-order chi connectivity index (χ1) is 8.17. The van der Waals surface area contributed by atoms with Crippen molar-refractivity contribution in [2.45, 2.75) is 6.92 Å². The molecule has 0 bridgehead atoms. The van der Waals surface area contributed by atoms with Gasteiger partial charge in [-0.1, -0.05) is 11.6 Å². The van der Waals surface area contributed by atoms with E-state index in [9.17, 15) is 4.79 Å². The topological polar surface area (TPSA) is 53.3 Å². The van der Waals surface area contributed by atoms with Crippen LogP contribution in [0.15, 0.2) is 24.3 Å². The molecular weight excluding hydrogens is 240 g/mol. The van der Waals surface area contributed by atoms with Crippen LogP contribution in [0.1, 0.15) is 6.92 Å². The minimum absolute atomic E-state index is 0.0723. The van der Waals surface area contributed by atoms with Gasteiger partial charge in [-0.3, -0.25) is 4.79 Å². The molecule has 0 fully saturated rings. The molecule has 1 amide bonds. The summed E-state index contributed by atoms with van der Waals surface area (Å²) in [6, 6.07) is 8.70. The highest BCUT2D eigenvalue weighted by Gasteiger charge is 2.11. The van der Waals surface area contributed by atoms with Gasteiger partial charge in [0, 0.05) is 11.6 Å². The number of rotatable bonds is 5. The van der Waals surface area contributed by atoms with Crippen LogP contribution in [0.2, 0.25) is 5.02 Å². The Morgan fingerprint density at radius 3 is 2.65 bits per heavy atom. The molecular formula is C12H13ClN2O2. The van der Waals surface area contributed by atoms with Gasteiger partial charge >= 0.3 is 0 Å². The Morgan fingerprint density at radius 2 is 2.12 bits per heavy atom. The van der Waals surface area contributed by atoms with Crippen molar-refractivity contribution in [3.05, 3.63) is 29.3 Å². The van der Waals surface area contributed by atoms with Gasteiger partial charge in [0.25, 0.3) is 5.91 Å². The molecule has 0 saturated carbocycles. The van der Waals surface area contributed by atoms with E-state index >= 15 is 0 Å². The van der Waals surface area contributed by atoms with E-state index in [0.29, 0.717) is 17.3 Å². The summed E-state index contributed by atoms with van der Waals surface area (Å²) in [5.74, 6) is 0.375. The lowest BCUT2D eigenvalue weighted by Crippen LogP contribution is -2.35. The standard InChI is InChI=1S/C12H13ClN2O2/c1-2-15(8-7-14)12(16)9-17-11-5-3-10(13)4-6-11/h3-6H,2,8-9H2,1H3. The highest BCUT2D eigenvalue weighted by atomic mass is 35.5. The van der Waals surface area contributed by atoms with E-state index in [1.165, 1.54) is 4.90 Å². The summed E-state index contributed by atoms with van der Waals surface area (Å²) < 4.78 is 5.29. The smallest absolute Gasteiger partial charge is 0.261 e. The summed E-state index contributed by atoms with van der Waals surface area (Å²) in [4.78, 5) is 13.1. The van der Waals surface area contributed by atoms with Crippen molar-refractivity contribution in [3.8, 4) is 11.8 Å². The van der Waals surface area contributed by atoms with Crippen molar-refractivity contribution in [2.75, 3.05) is 19.7 Å². The highest BCUT2D eigenvalue weighted by Crippen LogP contribution is 2.15. The van der Waals surface area contributed by atoms with Crippen LogP contribution < -0.4 is 4.74 Å². The zero-order valence-corrected chi connectivity index (χ0v) is 10.3. The van der Waals surface area contributed by atoms with Crippen molar-refractivity contribution < 1.29 is 9.53 Å². The molecule has 0 aliphatic carbocycles. The third-order valence-electron chi connectivity index (χ3n) is 2.17. The number of halogens is 1.